The normalized spacial score (nSPS) is 17.4. The Hall–Kier alpha value is -4.04. The van der Waals surface area contributed by atoms with E-state index < -0.39 is 5.97 Å². The van der Waals surface area contributed by atoms with Crippen LogP contribution in [0.15, 0.2) is 79.3 Å². The first-order valence-corrected chi connectivity index (χ1v) is 11.7. The molecule has 5 rings (SSSR count). The van der Waals surface area contributed by atoms with Crippen LogP contribution in [0.2, 0.25) is 0 Å². The highest BCUT2D eigenvalue weighted by atomic mass is 32.1. The van der Waals surface area contributed by atoms with Gasteiger partial charge in [-0.15, -0.1) is 0 Å². The predicted octanol–water partition coefficient (Wildman–Crippen LogP) is 4.76. The van der Waals surface area contributed by atoms with Gasteiger partial charge in [-0.05, 0) is 73.6 Å². The standard InChI is InChI=1S/C27H25N5O2S/c1-17-14-21(18(2)32(17)23-11-4-3-9-20(23)26(33)34)25-24(22-10-5-6-13-29-22)30-27(35)31(25)16-19-8-7-12-28-15-19/h3-15,24-25H,16H2,1-2H3,(H,30,35)(H,33,34). The summed E-state index contributed by atoms with van der Waals surface area (Å²) in [5.74, 6) is -0.956. The molecule has 35 heavy (non-hydrogen) atoms. The number of carboxylic acid groups (broad SMARTS) is 1. The largest absolute Gasteiger partial charge is 0.478 e. The molecule has 1 aliphatic rings. The van der Waals surface area contributed by atoms with E-state index in [4.69, 9.17) is 12.2 Å². The summed E-state index contributed by atoms with van der Waals surface area (Å²) in [4.78, 5) is 23.0. The Balaban J connectivity index is 1.65. The van der Waals surface area contributed by atoms with Crippen LogP contribution in [0.1, 0.15) is 50.7 Å². The van der Waals surface area contributed by atoms with Crippen molar-refractivity contribution < 1.29 is 9.90 Å². The van der Waals surface area contributed by atoms with Crippen molar-refractivity contribution in [3.05, 3.63) is 113 Å². The molecular formula is C27H25N5O2S. The summed E-state index contributed by atoms with van der Waals surface area (Å²) in [6.45, 7) is 4.61. The van der Waals surface area contributed by atoms with Gasteiger partial charge in [0.2, 0.25) is 0 Å². The Morgan fingerprint density at radius 2 is 1.89 bits per heavy atom. The quantitative estimate of drug-likeness (QED) is 0.383. The number of para-hydroxylation sites is 1. The minimum Gasteiger partial charge on any atom is -0.478 e. The lowest BCUT2D eigenvalue weighted by Gasteiger charge is -2.28. The highest BCUT2D eigenvalue weighted by molar-refractivity contribution is 7.80. The van der Waals surface area contributed by atoms with E-state index in [1.165, 1.54) is 0 Å². The summed E-state index contributed by atoms with van der Waals surface area (Å²) < 4.78 is 2.01. The van der Waals surface area contributed by atoms with Gasteiger partial charge in [-0.25, -0.2) is 4.79 Å². The van der Waals surface area contributed by atoms with Crippen LogP contribution in [0, 0.1) is 13.8 Å². The highest BCUT2D eigenvalue weighted by Gasteiger charge is 2.41. The van der Waals surface area contributed by atoms with Gasteiger partial charge in [0.15, 0.2) is 5.11 Å². The zero-order valence-corrected chi connectivity index (χ0v) is 20.2. The van der Waals surface area contributed by atoms with Crippen molar-refractivity contribution in [2.45, 2.75) is 32.5 Å². The van der Waals surface area contributed by atoms with E-state index in [0.29, 0.717) is 17.3 Å². The summed E-state index contributed by atoms with van der Waals surface area (Å²) in [5, 5.41) is 13.9. The number of aromatic nitrogens is 3. The Bertz CT molecular complexity index is 1390. The van der Waals surface area contributed by atoms with Crippen LogP contribution in [0.4, 0.5) is 0 Å². The fraction of sp³-hybridized carbons (Fsp3) is 0.185. The first-order valence-electron chi connectivity index (χ1n) is 11.3. The molecule has 176 valence electrons. The third-order valence-corrected chi connectivity index (χ3v) is 6.79. The molecule has 1 aliphatic heterocycles. The lowest BCUT2D eigenvalue weighted by Crippen LogP contribution is -2.29. The van der Waals surface area contributed by atoms with Gasteiger partial charge in [0.1, 0.15) is 0 Å². The van der Waals surface area contributed by atoms with Crippen LogP contribution in [0.5, 0.6) is 0 Å². The summed E-state index contributed by atoms with van der Waals surface area (Å²) in [6, 6.07) is 18.7. The number of hydrogen-bond donors (Lipinski definition) is 2. The molecule has 1 aromatic carbocycles. The molecule has 1 fully saturated rings. The van der Waals surface area contributed by atoms with E-state index >= 15 is 0 Å². The van der Waals surface area contributed by atoms with Gasteiger partial charge in [0.25, 0.3) is 0 Å². The van der Waals surface area contributed by atoms with Crippen molar-refractivity contribution in [3.8, 4) is 5.69 Å². The third kappa shape index (κ3) is 4.17. The van der Waals surface area contributed by atoms with E-state index in [0.717, 1.165) is 28.2 Å². The van der Waals surface area contributed by atoms with Gasteiger partial charge < -0.3 is 19.9 Å². The van der Waals surface area contributed by atoms with Crippen molar-refractivity contribution in [3.63, 3.8) is 0 Å². The van der Waals surface area contributed by atoms with E-state index in [1.54, 1.807) is 24.5 Å². The summed E-state index contributed by atoms with van der Waals surface area (Å²) in [5.41, 5.74) is 5.82. The van der Waals surface area contributed by atoms with E-state index in [-0.39, 0.29) is 17.6 Å². The van der Waals surface area contributed by atoms with Crippen LogP contribution in [0.25, 0.3) is 5.69 Å². The van der Waals surface area contributed by atoms with Gasteiger partial charge in [-0.1, -0.05) is 24.3 Å². The SMILES string of the molecule is Cc1cc(C2C(c3ccccn3)NC(=S)N2Cc2cccnc2)c(C)n1-c1ccccc1C(=O)O. The minimum atomic E-state index is -0.956. The molecule has 0 radical (unpaired) electrons. The first kappa shape index (κ1) is 22.7. The third-order valence-electron chi connectivity index (χ3n) is 6.44. The zero-order valence-electron chi connectivity index (χ0n) is 19.4. The highest BCUT2D eigenvalue weighted by Crippen LogP contribution is 2.42. The monoisotopic (exact) mass is 483 g/mol. The number of benzene rings is 1. The molecule has 4 heterocycles. The number of thiocarbonyl (C=S) groups is 1. The average Bonchev–Trinajstić information content (AvgIpc) is 3.35. The van der Waals surface area contributed by atoms with Crippen LogP contribution in [-0.2, 0) is 6.54 Å². The van der Waals surface area contributed by atoms with Crippen molar-refractivity contribution in [1.29, 1.82) is 0 Å². The van der Waals surface area contributed by atoms with Crippen LogP contribution < -0.4 is 5.32 Å². The van der Waals surface area contributed by atoms with Gasteiger partial charge in [-0.2, -0.15) is 0 Å². The molecule has 0 aliphatic carbocycles. The Morgan fingerprint density at radius 1 is 1.09 bits per heavy atom. The molecule has 0 amide bonds. The number of aromatic carboxylic acids is 1. The smallest absolute Gasteiger partial charge is 0.337 e. The molecule has 0 saturated carbocycles. The minimum absolute atomic E-state index is 0.144. The van der Waals surface area contributed by atoms with Crippen LogP contribution >= 0.6 is 12.2 Å². The summed E-state index contributed by atoms with van der Waals surface area (Å²) in [6.07, 6.45) is 5.39. The summed E-state index contributed by atoms with van der Waals surface area (Å²) in [7, 11) is 0. The van der Waals surface area contributed by atoms with Gasteiger partial charge in [-0.3, -0.25) is 9.97 Å². The first-order chi connectivity index (χ1) is 17.0. The molecule has 8 heteroatoms. The second-order valence-corrected chi connectivity index (χ2v) is 8.99. The number of carbonyl (C=O) groups is 1. The molecule has 4 aromatic rings. The van der Waals surface area contributed by atoms with Crippen molar-refractivity contribution >= 4 is 23.3 Å². The van der Waals surface area contributed by atoms with Gasteiger partial charge in [0, 0.05) is 36.5 Å². The molecule has 0 bridgehead atoms. The number of aryl methyl sites for hydroxylation is 1. The van der Waals surface area contributed by atoms with Crippen LogP contribution in [0.3, 0.4) is 0 Å². The lowest BCUT2D eigenvalue weighted by atomic mass is 9.96. The molecular weight excluding hydrogens is 458 g/mol. The maximum Gasteiger partial charge on any atom is 0.337 e. The van der Waals surface area contributed by atoms with Crippen molar-refractivity contribution in [2.75, 3.05) is 0 Å². The Morgan fingerprint density at radius 3 is 2.60 bits per heavy atom. The molecule has 2 atom stereocenters. The molecule has 2 N–H and O–H groups in total. The van der Waals surface area contributed by atoms with E-state index in [2.05, 4.69) is 26.3 Å². The molecule has 2 unspecified atom stereocenters. The summed E-state index contributed by atoms with van der Waals surface area (Å²) >= 11 is 5.81. The predicted molar refractivity (Wildman–Crippen MR) is 137 cm³/mol. The van der Waals surface area contributed by atoms with Gasteiger partial charge >= 0.3 is 5.97 Å². The number of carboxylic acids is 1. The number of rotatable bonds is 6. The zero-order chi connectivity index (χ0) is 24.5. The second-order valence-electron chi connectivity index (χ2n) is 8.60. The van der Waals surface area contributed by atoms with Crippen LogP contribution in [-0.4, -0.2) is 35.6 Å². The van der Waals surface area contributed by atoms with E-state index in [9.17, 15) is 9.90 Å². The maximum absolute atomic E-state index is 12.0. The fourth-order valence-electron chi connectivity index (χ4n) is 4.91. The molecule has 7 nitrogen and oxygen atoms in total. The average molecular weight is 484 g/mol. The second kappa shape index (κ2) is 9.31. The number of hydrogen-bond acceptors (Lipinski definition) is 4. The van der Waals surface area contributed by atoms with E-state index in [1.807, 2.05) is 67.1 Å². The maximum atomic E-state index is 12.0. The number of nitrogens with one attached hydrogen (secondary N) is 1. The Kier molecular flexibility index (Phi) is 6.05. The fourth-order valence-corrected chi connectivity index (χ4v) is 5.22. The number of nitrogens with zero attached hydrogens (tertiary/aromatic N) is 4. The van der Waals surface area contributed by atoms with Gasteiger partial charge in [0.05, 0.1) is 29.0 Å². The Labute approximate surface area is 209 Å². The molecule has 0 spiro atoms. The molecule has 3 aromatic heterocycles. The van der Waals surface area contributed by atoms with Crippen molar-refractivity contribution in [2.24, 2.45) is 0 Å². The number of pyridine rings is 2. The topological polar surface area (TPSA) is 83.3 Å². The molecule has 1 saturated heterocycles. The van der Waals surface area contributed by atoms with Crippen molar-refractivity contribution in [1.82, 2.24) is 24.8 Å². The lowest BCUT2D eigenvalue weighted by molar-refractivity contribution is 0.0697.